The Morgan fingerprint density at radius 2 is 1.72 bits per heavy atom. The number of hydrogen-bond donors (Lipinski definition) is 0. The van der Waals surface area contributed by atoms with E-state index in [9.17, 15) is 4.39 Å². The van der Waals surface area contributed by atoms with Crippen LogP contribution in [0.25, 0.3) is 0 Å². The third-order valence-electron chi connectivity index (χ3n) is 2.63. The number of rotatable bonds is 3. The first-order valence-electron chi connectivity index (χ1n) is 5.40. The first-order chi connectivity index (χ1) is 8.56. The van der Waals surface area contributed by atoms with Crippen molar-refractivity contribution in [2.24, 2.45) is 0 Å². The van der Waals surface area contributed by atoms with Crippen molar-refractivity contribution in [2.45, 2.75) is 11.8 Å². The van der Waals surface area contributed by atoms with Crippen molar-refractivity contribution in [3.05, 3.63) is 68.4 Å². The van der Waals surface area contributed by atoms with Crippen molar-refractivity contribution in [3.8, 4) is 0 Å². The van der Waals surface area contributed by atoms with E-state index in [1.54, 1.807) is 6.07 Å². The highest BCUT2D eigenvalue weighted by Gasteiger charge is 2.11. The van der Waals surface area contributed by atoms with E-state index in [0.717, 1.165) is 15.6 Å². The molecule has 0 nitrogen and oxygen atoms in total. The van der Waals surface area contributed by atoms with Crippen LogP contribution in [-0.2, 0) is 6.42 Å². The van der Waals surface area contributed by atoms with E-state index in [0.29, 0.717) is 10.9 Å². The average Bonchev–Trinajstić information content (AvgIpc) is 2.35. The van der Waals surface area contributed by atoms with Crippen LogP contribution >= 0.6 is 43.5 Å². The van der Waals surface area contributed by atoms with Crippen LogP contribution < -0.4 is 0 Å². The normalized spacial score (nSPS) is 12.4. The van der Waals surface area contributed by atoms with Crippen LogP contribution in [-0.4, -0.2) is 0 Å². The molecular formula is C14H10Br2ClF. The Labute approximate surface area is 127 Å². The fourth-order valence-corrected chi connectivity index (χ4v) is 2.48. The molecule has 0 aliphatic rings. The van der Waals surface area contributed by atoms with Crippen molar-refractivity contribution in [2.75, 3.05) is 0 Å². The molecule has 2 aromatic carbocycles. The minimum atomic E-state index is -0.283. The van der Waals surface area contributed by atoms with Gasteiger partial charge >= 0.3 is 0 Å². The van der Waals surface area contributed by atoms with Crippen LogP contribution in [0, 0.1) is 5.82 Å². The molecule has 0 aliphatic carbocycles. The fraction of sp³-hybridized carbons (Fsp3) is 0.143. The highest BCUT2D eigenvalue weighted by Crippen LogP contribution is 2.28. The van der Waals surface area contributed by atoms with E-state index in [1.807, 2.05) is 30.3 Å². The molecule has 0 saturated carbocycles. The quantitative estimate of drug-likeness (QED) is 0.573. The van der Waals surface area contributed by atoms with Crippen LogP contribution in [0.4, 0.5) is 4.39 Å². The highest BCUT2D eigenvalue weighted by atomic mass is 79.9. The Morgan fingerprint density at radius 3 is 2.33 bits per heavy atom. The summed E-state index contributed by atoms with van der Waals surface area (Å²) in [4.78, 5) is 0. The largest absolute Gasteiger partial charge is 0.206 e. The Balaban J connectivity index is 2.13. The van der Waals surface area contributed by atoms with Gasteiger partial charge in [-0.05, 0) is 57.7 Å². The molecule has 0 amide bonds. The van der Waals surface area contributed by atoms with Crippen molar-refractivity contribution in [1.29, 1.82) is 0 Å². The molecule has 0 aromatic heterocycles. The average molecular weight is 392 g/mol. The standard InChI is InChI=1S/C14H10Br2ClF/c15-11-4-1-9(2-5-11)7-13(17)10-3-6-12(16)14(18)8-10/h1-6,8,13H,7H2. The summed E-state index contributed by atoms with van der Waals surface area (Å²) in [6.45, 7) is 0. The van der Waals surface area contributed by atoms with Crippen LogP contribution in [0.3, 0.4) is 0 Å². The second kappa shape index (κ2) is 6.18. The molecule has 1 atom stereocenters. The van der Waals surface area contributed by atoms with Gasteiger partial charge < -0.3 is 0 Å². The van der Waals surface area contributed by atoms with E-state index >= 15 is 0 Å². The van der Waals surface area contributed by atoms with Gasteiger partial charge in [0.05, 0.1) is 9.85 Å². The van der Waals surface area contributed by atoms with E-state index < -0.39 is 0 Å². The van der Waals surface area contributed by atoms with Crippen LogP contribution in [0.2, 0.25) is 0 Å². The lowest BCUT2D eigenvalue weighted by atomic mass is 10.0. The Kier molecular flexibility index (Phi) is 4.82. The van der Waals surface area contributed by atoms with Gasteiger partial charge in [0.2, 0.25) is 0 Å². The van der Waals surface area contributed by atoms with Gasteiger partial charge in [-0.15, -0.1) is 11.6 Å². The van der Waals surface area contributed by atoms with Gasteiger partial charge in [0.15, 0.2) is 0 Å². The van der Waals surface area contributed by atoms with Crippen LogP contribution in [0.15, 0.2) is 51.4 Å². The van der Waals surface area contributed by atoms with Gasteiger partial charge in [-0.2, -0.15) is 0 Å². The summed E-state index contributed by atoms with van der Waals surface area (Å²) in [5.41, 5.74) is 1.92. The molecular weight excluding hydrogens is 382 g/mol. The maximum Gasteiger partial charge on any atom is 0.137 e. The lowest BCUT2D eigenvalue weighted by molar-refractivity contribution is 0.618. The molecule has 0 spiro atoms. The number of hydrogen-bond acceptors (Lipinski definition) is 0. The van der Waals surface area contributed by atoms with Gasteiger partial charge in [-0.3, -0.25) is 0 Å². The molecule has 4 heteroatoms. The first-order valence-corrected chi connectivity index (χ1v) is 7.42. The minimum Gasteiger partial charge on any atom is -0.206 e. The maximum absolute atomic E-state index is 13.4. The van der Waals surface area contributed by atoms with Gasteiger partial charge in [0.1, 0.15) is 5.82 Å². The van der Waals surface area contributed by atoms with E-state index in [1.165, 1.54) is 6.07 Å². The molecule has 0 saturated heterocycles. The second-order valence-corrected chi connectivity index (χ2v) is 6.27. The van der Waals surface area contributed by atoms with Gasteiger partial charge in [-0.25, -0.2) is 4.39 Å². The van der Waals surface area contributed by atoms with Crippen molar-refractivity contribution in [1.82, 2.24) is 0 Å². The van der Waals surface area contributed by atoms with E-state index in [2.05, 4.69) is 31.9 Å². The number of benzene rings is 2. The zero-order chi connectivity index (χ0) is 13.1. The molecule has 0 fully saturated rings. The molecule has 2 rings (SSSR count). The smallest absolute Gasteiger partial charge is 0.137 e. The third kappa shape index (κ3) is 3.56. The third-order valence-corrected chi connectivity index (χ3v) is 4.21. The fourth-order valence-electron chi connectivity index (χ4n) is 1.65. The van der Waals surface area contributed by atoms with E-state index in [4.69, 9.17) is 11.6 Å². The summed E-state index contributed by atoms with van der Waals surface area (Å²) in [5.74, 6) is -0.283. The number of halogens is 4. The highest BCUT2D eigenvalue weighted by molar-refractivity contribution is 9.10. The maximum atomic E-state index is 13.4. The molecule has 0 heterocycles. The SMILES string of the molecule is Fc1cc(C(Cl)Cc2ccc(Br)cc2)ccc1Br. The monoisotopic (exact) mass is 390 g/mol. The molecule has 0 bridgehead atoms. The van der Waals surface area contributed by atoms with E-state index in [-0.39, 0.29) is 11.2 Å². The summed E-state index contributed by atoms with van der Waals surface area (Å²) in [6.07, 6.45) is 0.676. The topological polar surface area (TPSA) is 0 Å². The van der Waals surface area contributed by atoms with Crippen molar-refractivity contribution in [3.63, 3.8) is 0 Å². The van der Waals surface area contributed by atoms with Gasteiger partial charge in [0, 0.05) is 4.47 Å². The number of alkyl halides is 1. The summed E-state index contributed by atoms with van der Waals surface area (Å²) in [5, 5.41) is -0.228. The molecule has 0 N–H and O–H groups in total. The van der Waals surface area contributed by atoms with Gasteiger partial charge in [-0.1, -0.05) is 34.1 Å². The molecule has 2 aromatic rings. The zero-order valence-corrected chi connectivity index (χ0v) is 13.3. The first kappa shape index (κ1) is 14.0. The molecule has 94 valence electrons. The predicted molar refractivity (Wildman–Crippen MR) is 80.5 cm³/mol. The Morgan fingerprint density at radius 1 is 1.06 bits per heavy atom. The van der Waals surface area contributed by atoms with Crippen molar-refractivity contribution < 1.29 is 4.39 Å². The molecule has 1 unspecified atom stereocenters. The summed E-state index contributed by atoms with van der Waals surface area (Å²) < 4.78 is 14.9. The van der Waals surface area contributed by atoms with Crippen LogP contribution in [0.5, 0.6) is 0 Å². The summed E-state index contributed by atoms with van der Waals surface area (Å²) >= 11 is 12.8. The lowest BCUT2D eigenvalue weighted by Crippen LogP contribution is -1.96. The lowest BCUT2D eigenvalue weighted by Gasteiger charge is -2.10. The second-order valence-electron chi connectivity index (χ2n) is 3.97. The summed E-state index contributed by atoms with van der Waals surface area (Å²) in [7, 11) is 0. The molecule has 18 heavy (non-hydrogen) atoms. The predicted octanol–water partition coefficient (Wildman–Crippen LogP) is 5.87. The minimum absolute atomic E-state index is 0.228. The van der Waals surface area contributed by atoms with Crippen LogP contribution in [0.1, 0.15) is 16.5 Å². The molecule has 0 radical (unpaired) electrons. The Hall–Kier alpha value is -0.380. The van der Waals surface area contributed by atoms with Gasteiger partial charge in [0.25, 0.3) is 0 Å². The van der Waals surface area contributed by atoms with Crippen molar-refractivity contribution >= 4 is 43.5 Å². The zero-order valence-electron chi connectivity index (χ0n) is 9.34. The molecule has 0 aliphatic heterocycles. The Bertz CT molecular complexity index is 540. The summed E-state index contributed by atoms with van der Waals surface area (Å²) in [6, 6.07) is 13.0.